The molecule has 42 valence electrons. The van der Waals surface area contributed by atoms with Gasteiger partial charge in [-0.25, -0.2) is 0 Å². The molecule has 0 N–H and O–H groups in total. The van der Waals surface area contributed by atoms with Crippen molar-refractivity contribution < 1.29 is 30.6 Å². The number of rotatable bonds is 2. The molecule has 0 saturated heterocycles. The second kappa shape index (κ2) is 6.16. The van der Waals surface area contributed by atoms with Crippen LogP contribution in [-0.2, 0) is 30.6 Å². The maximum absolute atomic E-state index is 9.27. The number of hydrogen-bond donors (Lipinski definition) is 0. The molecule has 0 aliphatic heterocycles. The average Bonchev–Trinajstić information content (AvgIpc) is 1.35. The number of hydrogen-bond acceptors (Lipinski definition) is 2. The first kappa shape index (κ1) is 10.2. The smallest absolute Gasteiger partial charge is 0.0537 e. The molecule has 0 fully saturated rings. The van der Waals surface area contributed by atoms with Gasteiger partial charge in [0, 0.05) is 21.1 Å². The molecule has 0 radical (unpaired) electrons. The zero-order valence-corrected chi connectivity index (χ0v) is 7.24. The Morgan fingerprint density at radius 2 is 2.00 bits per heavy atom. The van der Waals surface area contributed by atoms with Gasteiger partial charge in [-0.15, -0.1) is 0 Å². The van der Waals surface area contributed by atoms with Gasteiger partial charge < -0.3 is 9.53 Å². The molecule has 0 aromatic carbocycles. The van der Waals surface area contributed by atoms with Crippen LogP contribution in [0, 0.1) is 0 Å². The number of carbonyl (C=O) groups excluding carboxylic acids is 1. The van der Waals surface area contributed by atoms with Gasteiger partial charge in [-0.2, -0.15) is 0 Å². The Kier molecular flexibility index (Phi) is 8.98. The summed E-state index contributed by atoms with van der Waals surface area (Å²) in [4.78, 5) is 9.27. The minimum absolute atomic E-state index is 0. The van der Waals surface area contributed by atoms with Crippen LogP contribution in [0.5, 0.6) is 0 Å². The van der Waals surface area contributed by atoms with Crippen molar-refractivity contribution in [3.63, 3.8) is 0 Å². The fraction of sp³-hybridized carbons (Fsp3) is 0.750. The second-order valence-electron chi connectivity index (χ2n) is 1.25. The maximum atomic E-state index is 9.27. The molecule has 0 saturated carbocycles. The van der Waals surface area contributed by atoms with Crippen molar-refractivity contribution in [1.29, 1.82) is 0 Å². The average molecular weight is 271 g/mol. The Morgan fingerprint density at radius 3 is 2.00 bits per heavy atom. The summed E-state index contributed by atoms with van der Waals surface area (Å²) in [5.74, 6) is 0. The van der Waals surface area contributed by atoms with Crippen LogP contribution >= 0.6 is 0 Å². The van der Waals surface area contributed by atoms with Crippen LogP contribution in [0.4, 0.5) is 0 Å². The van der Waals surface area contributed by atoms with E-state index >= 15 is 0 Å². The minimum Gasteiger partial charge on any atom is -0.651 e. The molecule has 2 nitrogen and oxygen atoms in total. The van der Waals surface area contributed by atoms with E-state index in [2.05, 4.69) is 4.74 Å². The zero-order valence-electron chi connectivity index (χ0n) is 4.30. The van der Waals surface area contributed by atoms with Gasteiger partial charge in [0.25, 0.3) is 0 Å². The molecule has 0 aliphatic rings. The first-order valence-corrected chi connectivity index (χ1v) is 1.80. The topological polar surface area (TPSA) is 26.3 Å². The number of ether oxygens (including phenoxy) is 1. The van der Waals surface area contributed by atoms with Gasteiger partial charge in [0.05, 0.1) is 6.10 Å². The summed E-state index contributed by atoms with van der Waals surface area (Å²) in [5.41, 5.74) is 0. The summed E-state index contributed by atoms with van der Waals surface area (Å²) >= 11 is 0. The molecule has 0 rings (SSSR count). The van der Waals surface area contributed by atoms with E-state index in [4.69, 9.17) is 0 Å². The van der Waals surface area contributed by atoms with Crippen LogP contribution < -0.4 is 0 Å². The van der Waals surface area contributed by atoms with Gasteiger partial charge >= 0.3 is 0 Å². The third-order valence-corrected chi connectivity index (χ3v) is 0.284. The van der Waals surface area contributed by atoms with E-state index < -0.39 is 0 Å². The van der Waals surface area contributed by atoms with Crippen LogP contribution in [0.15, 0.2) is 0 Å². The molecule has 0 amide bonds. The van der Waals surface area contributed by atoms with Gasteiger partial charge in [0.2, 0.25) is 0 Å². The molecular formula is C4H7O2W-. The summed E-state index contributed by atoms with van der Waals surface area (Å²) in [5, 5.41) is 0. The quantitative estimate of drug-likeness (QED) is 0.683. The summed E-state index contributed by atoms with van der Waals surface area (Å²) < 4.78 is 4.24. The first-order chi connectivity index (χ1) is 2.77. The molecule has 7 heavy (non-hydrogen) atoms. The third-order valence-electron chi connectivity index (χ3n) is 0.284. The van der Waals surface area contributed by atoms with Crippen molar-refractivity contribution in [3.8, 4) is 0 Å². The van der Waals surface area contributed by atoms with Crippen LogP contribution in [0.1, 0.15) is 13.8 Å². The van der Waals surface area contributed by atoms with E-state index in [0.29, 0.717) is 0 Å². The van der Waals surface area contributed by atoms with Gasteiger partial charge in [0.15, 0.2) is 0 Å². The van der Waals surface area contributed by atoms with Crippen molar-refractivity contribution in [3.05, 3.63) is 0 Å². The predicted octanol–water partition coefficient (Wildman–Crippen LogP) is 0.476. The molecule has 0 heterocycles. The van der Waals surface area contributed by atoms with Crippen LogP contribution in [0.25, 0.3) is 0 Å². The molecule has 0 aromatic heterocycles. The summed E-state index contributed by atoms with van der Waals surface area (Å²) in [6.45, 7) is 4.85. The normalized spacial score (nSPS) is 7.29. The summed E-state index contributed by atoms with van der Waals surface area (Å²) in [7, 11) is 0. The molecule has 0 bridgehead atoms. The zero-order chi connectivity index (χ0) is 4.99. The molecule has 0 aliphatic carbocycles. The van der Waals surface area contributed by atoms with Crippen LogP contribution in [0.2, 0.25) is 0 Å². The Labute approximate surface area is 57.5 Å². The third kappa shape index (κ3) is 10.7. The van der Waals surface area contributed by atoms with Crippen molar-refractivity contribution in [2.75, 3.05) is 0 Å². The molecule has 0 unspecified atom stereocenters. The molecule has 0 spiro atoms. The van der Waals surface area contributed by atoms with Crippen molar-refractivity contribution >= 4 is 6.47 Å². The summed E-state index contributed by atoms with van der Waals surface area (Å²) in [6.07, 6.45) is -0.0255. The fourth-order valence-electron chi connectivity index (χ4n) is 0.0962. The van der Waals surface area contributed by atoms with Crippen molar-refractivity contribution in [1.82, 2.24) is 0 Å². The van der Waals surface area contributed by atoms with E-state index in [0.717, 1.165) is 0 Å². The van der Waals surface area contributed by atoms with Gasteiger partial charge in [-0.3, -0.25) is 0 Å². The Bertz CT molecular complexity index is 45.0. The van der Waals surface area contributed by atoms with E-state index in [1.807, 2.05) is 0 Å². The first-order valence-electron chi connectivity index (χ1n) is 1.80. The predicted molar refractivity (Wildman–Crippen MR) is 21.9 cm³/mol. The molecule has 0 atom stereocenters. The van der Waals surface area contributed by atoms with E-state index in [9.17, 15) is 4.79 Å². The van der Waals surface area contributed by atoms with Gasteiger partial charge in [-0.1, -0.05) is 6.47 Å². The second-order valence-corrected chi connectivity index (χ2v) is 1.25. The van der Waals surface area contributed by atoms with Crippen molar-refractivity contribution in [2.24, 2.45) is 0 Å². The van der Waals surface area contributed by atoms with Gasteiger partial charge in [0.1, 0.15) is 0 Å². The monoisotopic (exact) mass is 271 g/mol. The standard InChI is InChI=1S/C4H7O2.W/c1-4(2)6-3-5;/h4H,1-2H3;/q-1;. The van der Waals surface area contributed by atoms with Crippen LogP contribution in [-0.4, -0.2) is 12.6 Å². The Balaban J connectivity index is 0. The van der Waals surface area contributed by atoms with E-state index in [1.165, 1.54) is 6.47 Å². The van der Waals surface area contributed by atoms with E-state index in [-0.39, 0.29) is 27.2 Å². The Hall–Kier alpha value is 0.158. The molecule has 0 aromatic rings. The summed E-state index contributed by atoms with van der Waals surface area (Å²) in [6, 6.07) is 0. The Morgan fingerprint density at radius 1 is 1.57 bits per heavy atom. The molecular weight excluding hydrogens is 264 g/mol. The maximum Gasteiger partial charge on any atom is 0.0537 e. The van der Waals surface area contributed by atoms with Crippen LogP contribution in [0.3, 0.4) is 0 Å². The van der Waals surface area contributed by atoms with Crippen molar-refractivity contribution in [2.45, 2.75) is 20.0 Å². The molecule has 3 heteroatoms. The minimum atomic E-state index is -0.0255. The van der Waals surface area contributed by atoms with E-state index in [1.54, 1.807) is 13.8 Å². The fourth-order valence-corrected chi connectivity index (χ4v) is 0.0962. The largest absolute Gasteiger partial charge is 0.651 e. The van der Waals surface area contributed by atoms with Gasteiger partial charge in [-0.05, 0) is 13.8 Å². The SMILES string of the molecule is CC(C)O[C-]=O.[W].